The molecule has 2 atom stereocenters. The SMILES string of the molecule is CCC(C)[C@H](c1ccnc2ccccc12)N1CCNCC1. The summed E-state index contributed by atoms with van der Waals surface area (Å²) in [4.78, 5) is 7.17. The van der Waals surface area contributed by atoms with E-state index in [9.17, 15) is 0 Å². The van der Waals surface area contributed by atoms with Crippen molar-refractivity contribution in [3.8, 4) is 0 Å². The molecular weight excluding hydrogens is 258 g/mol. The van der Waals surface area contributed by atoms with Crippen LogP contribution in [0.15, 0.2) is 36.5 Å². The van der Waals surface area contributed by atoms with E-state index >= 15 is 0 Å². The monoisotopic (exact) mass is 283 g/mol. The van der Waals surface area contributed by atoms with Crippen LogP contribution in [-0.4, -0.2) is 36.1 Å². The Bertz CT molecular complexity index is 585. The van der Waals surface area contributed by atoms with Crippen LogP contribution >= 0.6 is 0 Å². The number of para-hydroxylation sites is 1. The molecule has 1 fully saturated rings. The van der Waals surface area contributed by atoms with Crippen molar-refractivity contribution in [3.05, 3.63) is 42.1 Å². The lowest BCUT2D eigenvalue weighted by molar-refractivity contribution is 0.129. The standard InChI is InChI=1S/C18H25N3/c1-3-14(2)18(21-12-10-19-11-13-21)16-8-9-20-17-7-5-4-6-15(16)17/h4-9,14,18-19H,3,10-13H2,1-2H3/t14?,18-/m1/s1. The highest BCUT2D eigenvalue weighted by Crippen LogP contribution is 2.34. The largest absolute Gasteiger partial charge is 0.314 e. The molecule has 1 N–H and O–H groups in total. The number of rotatable bonds is 4. The van der Waals surface area contributed by atoms with E-state index in [1.165, 1.54) is 17.4 Å². The molecule has 21 heavy (non-hydrogen) atoms. The van der Waals surface area contributed by atoms with Crippen LogP contribution in [0.3, 0.4) is 0 Å². The molecule has 0 saturated carbocycles. The van der Waals surface area contributed by atoms with Gasteiger partial charge in [0.1, 0.15) is 0 Å². The van der Waals surface area contributed by atoms with Gasteiger partial charge in [0, 0.05) is 43.8 Å². The lowest BCUT2D eigenvalue weighted by Crippen LogP contribution is -2.46. The van der Waals surface area contributed by atoms with E-state index in [1.54, 1.807) is 0 Å². The molecule has 0 spiro atoms. The zero-order chi connectivity index (χ0) is 14.7. The Labute approximate surface area is 127 Å². The molecule has 0 radical (unpaired) electrons. The highest BCUT2D eigenvalue weighted by molar-refractivity contribution is 5.82. The van der Waals surface area contributed by atoms with Crippen LogP contribution in [0.1, 0.15) is 31.9 Å². The van der Waals surface area contributed by atoms with Crippen molar-refractivity contribution in [2.75, 3.05) is 26.2 Å². The Kier molecular flexibility index (Phi) is 4.51. The predicted molar refractivity (Wildman–Crippen MR) is 88.4 cm³/mol. The van der Waals surface area contributed by atoms with Crippen LogP contribution in [-0.2, 0) is 0 Å². The minimum Gasteiger partial charge on any atom is -0.314 e. The van der Waals surface area contributed by atoms with Gasteiger partial charge >= 0.3 is 0 Å². The molecule has 3 nitrogen and oxygen atoms in total. The number of hydrogen-bond donors (Lipinski definition) is 1. The number of piperazine rings is 1. The average molecular weight is 283 g/mol. The predicted octanol–water partition coefficient (Wildman–Crippen LogP) is 3.23. The lowest BCUT2D eigenvalue weighted by atomic mass is 9.88. The first-order valence-electron chi connectivity index (χ1n) is 8.09. The van der Waals surface area contributed by atoms with Crippen molar-refractivity contribution in [1.29, 1.82) is 0 Å². The maximum Gasteiger partial charge on any atom is 0.0705 e. The molecule has 3 heteroatoms. The zero-order valence-electron chi connectivity index (χ0n) is 13.0. The third-order valence-corrected chi connectivity index (χ3v) is 4.73. The molecule has 1 aromatic carbocycles. The summed E-state index contributed by atoms with van der Waals surface area (Å²) >= 11 is 0. The molecule has 1 aromatic heterocycles. The minimum absolute atomic E-state index is 0.491. The summed E-state index contributed by atoms with van der Waals surface area (Å²) in [6.07, 6.45) is 3.17. The molecule has 112 valence electrons. The fourth-order valence-corrected chi connectivity index (χ4v) is 3.42. The second-order valence-electron chi connectivity index (χ2n) is 6.03. The van der Waals surface area contributed by atoms with Gasteiger partial charge in [0.05, 0.1) is 5.52 Å². The summed E-state index contributed by atoms with van der Waals surface area (Å²) in [6, 6.07) is 11.2. The Morgan fingerprint density at radius 2 is 1.95 bits per heavy atom. The summed E-state index contributed by atoms with van der Waals surface area (Å²) in [7, 11) is 0. The normalized spacial score (nSPS) is 19.5. The number of fused-ring (bicyclic) bond motifs is 1. The Hall–Kier alpha value is -1.45. The van der Waals surface area contributed by atoms with Gasteiger partial charge in [0.15, 0.2) is 0 Å². The van der Waals surface area contributed by atoms with Gasteiger partial charge in [-0.15, -0.1) is 0 Å². The van der Waals surface area contributed by atoms with Gasteiger partial charge in [-0.25, -0.2) is 0 Å². The molecule has 1 aliphatic heterocycles. The van der Waals surface area contributed by atoms with Crippen molar-refractivity contribution in [1.82, 2.24) is 15.2 Å². The first-order valence-corrected chi connectivity index (χ1v) is 8.09. The summed E-state index contributed by atoms with van der Waals surface area (Å²) in [5.74, 6) is 0.647. The van der Waals surface area contributed by atoms with Crippen LogP contribution in [0.25, 0.3) is 10.9 Å². The summed E-state index contributed by atoms with van der Waals surface area (Å²) in [6.45, 7) is 9.12. The van der Waals surface area contributed by atoms with E-state index in [4.69, 9.17) is 0 Å². The van der Waals surface area contributed by atoms with Crippen LogP contribution in [0.2, 0.25) is 0 Å². The molecule has 0 amide bonds. The Morgan fingerprint density at radius 3 is 2.71 bits per heavy atom. The first-order chi connectivity index (χ1) is 10.3. The van der Waals surface area contributed by atoms with Crippen molar-refractivity contribution < 1.29 is 0 Å². The zero-order valence-corrected chi connectivity index (χ0v) is 13.0. The number of nitrogens with zero attached hydrogens (tertiary/aromatic N) is 2. The van der Waals surface area contributed by atoms with E-state index in [0.29, 0.717) is 12.0 Å². The van der Waals surface area contributed by atoms with Gasteiger partial charge in [0.25, 0.3) is 0 Å². The van der Waals surface area contributed by atoms with Gasteiger partial charge in [-0.1, -0.05) is 38.5 Å². The highest BCUT2D eigenvalue weighted by Gasteiger charge is 2.27. The van der Waals surface area contributed by atoms with E-state index in [-0.39, 0.29) is 0 Å². The molecule has 1 aliphatic rings. The Morgan fingerprint density at radius 1 is 1.19 bits per heavy atom. The molecule has 2 aromatic rings. The molecule has 2 heterocycles. The number of hydrogen-bond acceptors (Lipinski definition) is 3. The molecule has 1 saturated heterocycles. The molecule has 1 unspecified atom stereocenters. The third-order valence-electron chi connectivity index (χ3n) is 4.73. The van der Waals surface area contributed by atoms with E-state index in [1.807, 2.05) is 6.20 Å². The summed E-state index contributed by atoms with van der Waals surface area (Å²) in [5, 5.41) is 4.77. The van der Waals surface area contributed by atoms with Gasteiger partial charge in [-0.2, -0.15) is 0 Å². The molecular formula is C18H25N3. The quantitative estimate of drug-likeness (QED) is 0.934. The number of pyridine rings is 1. The van der Waals surface area contributed by atoms with E-state index in [0.717, 1.165) is 31.7 Å². The van der Waals surface area contributed by atoms with E-state index in [2.05, 4.69) is 59.4 Å². The van der Waals surface area contributed by atoms with Gasteiger partial charge in [-0.3, -0.25) is 9.88 Å². The van der Waals surface area contributed by atoms with Gasteiger partial charge in [-0.05, 0) is 23.6 Å². The minimum atomic E-state index is 0.491. The van der Waals surface area contributed by atoms with Crippen LogP contribution < -0.4 is 5.32 Å². The van der Waals surface area contributed by atoms with Crippen molar-refractivity contribution >= 4 is 10.9 Å². The van der Waals surface area contributed by atoms with Gasteiger partial charge < -0.3 is 5.32 Å². The van der Waals surface area contributed by atoms with Gasteiger partial charge in [0.2, 0.25) is 0 Å². The Balaban J connectivity index is 2.05. The first kappa shape index (κ1) is 14.5. The van der Waals surface area contributed by atoms with Crippen LogP contribution in [0.4, 0.5) is 0 Å². The number of benzene rings is 1. The fourth-order valence-electron chi connectivity index (χ4n) is 3.42. The van der Waals surface area contributed by atoms with Crippen LogP contribution in [0, 0.1) is 5.92 Å². The van der Waals surface area contributed by atoms with Crippen molar-refractivity contribution in [3.63, 3.8) is 0 Å². The fraction of sp³-hybridized carbons (Fsp3) is 0.500. The maximum absolute atomic E-state index is 4.52. The van der Waals surface area contributed by atoms with Crippen molar-refractivity contribution in [2.24, 2.45) is 5.92 Å². The molecule has 0 aliphatic carbocycles. The highest BCUT2D eigenvalue weighted by atomic mass is 15.2. The second kappa shape index (κ2) is 6.54. The lowest BCUT2D eigenvalue weighted by Gasteiger charge is -2.38. The second-order valence-corrected chi connectivity index (χ2v) is 6.03. The third kappa shape index (κ3) is 2.94. The molecule has 0 bridgehead atoms. The average Bonchev–Trinajstić information content (AvgIpc) is 2.56. The van der Waals surface area contributed by atoms with Crippen molar-refractivity contribution in [2.45, 2.75) is 26.3 Å². The molecule has 3 rings (SSSR count). The maximum atomic E-state index is 4.52. The summed E-state index contributed by atoms with van der Waals surface area (Å²) < 4.78 is 0. The number of nitrogens with one attached hydrogen (secondary N) is 1. The van der Waals surface area contributed by atoms with Crippen LogP contribution in [0.5, 0.6) is 0 Å². The topological polar surface area (TPSA) is 28.2 Å². The summed E-state index contributed by atoms with van der Waals surface area (Å²) in [5.41, 5.74) is 2.55. The van der Waals surface area contributed by atoms with E-state index < -0.39 is 0 Å². The number of aromatic nitrogens is 1. The smallest absolute Gasteiger partial charge is 0.0705 e.